The molecule has 1 atom stereocenters. The summed E-state index contributed by atoms with van der Waals surface area (Å²) in [7, 11) is 3.14. The second-order valence-corrected chi connectivity index (χ2v) is 7.48. The number of benzene rings is 1. The van der Waals surface area contributed by atoms with Crippen LogP contribution >= 0.6 is 62.1 Å². The molecule has 0 aliphatic heterocycles. The molecule has 7 heteroatoms. The monoisotopic (exact) mass is 414 g/mol. The first-order valence-corrected chi connectivity index (χ1v) is 8.34. The molecule has 1 aromatic carbocycles. The van der Waals surface area contributed by atoms with Gasteiger partial charge in [-0.1, -0.05) is 50.7 Å². The van der Waals surface area contributed by atoms with Crippen molar-refractivity contribution < 1.29 is 9.47 Å². The molecule has 0 saturated carbocycles. The Morgan fingerprint density at radius 3 is 2.10 bits per heavy atom. The fourth-order valence-electron chi connectivity index (χ4n) is 1.76. The van der Waals surface area contributed by atoms with Gasteiger partial charge in [0.05, 0.1) is 27.7 Å². The van der Waals surface area contributed by atoms with E-state index in [9.17, 15) is 0 Å². The van der Waals surface area contributed by atoms with Gasteiger partial charge in [0.1, 0.15) is 0 Å². The van der Waals surface area contributed by atoms with E-state index in [1.54, 1.807) is 20.3 Å². The lowest BCUT2D eigenvalue weighted by atomic mass is 10.1. The summed E-state index contributed by atoms with van der Waals surface area (Å²) >= 11 is 23.4. The van der Waals surface area contributed by atoms with Gasteiger partial charge >= 0.3 is 0 Å². The van der Waals surface area contributed by atoms with Gasteiger partial charge in [0.15, 0.2) is 11.5 Å². The molecule has 0 aliphatic rings. The van der Waals surface area contributed by atoms with Gasteiger partial charge in [-0.25, -0.2) is 0 Å². The van der Waals surface area contributed by atoms with Crippen LogP contribution in [0.4, 0.5) is 0 Å². The van der Waals surface area contributed by atoms with Gasteiger partial charge in [-0.2, -0.15) is 0 Å². The van der Waals surface area contributed by atoms with Crippen molar-refractivity contribution in [2.24, 2.45) is 0 Å². The van der Waals surface area contributed by atoms with Crippen molar-refractivity contribution in [1.29, 1.82) is 0 Å². The van der Waals surface area contributed by atoms with Gasteiger partial charge in [0.2, 0.25) is 0 Å². The predicted molar refractivity (Wildman–Crippen MR) is 89.7 cm³/mol. The van der Waals surface area contributed by atoms with Crippen LogP contribution in [0.25, 0.3) is 0 Å². The Hall–Kier alpha value is -0.130. The summed E-state index contributed by atoms with van der Waals surface area (Å²) in [6.07, 6.45) is 0. The van der Waals surface area contributed by atoms with Gasteiger partial charge in [-0.15, -0.1) is 11.3 Å². The molecule has 0 aliphatic carbocycles. The smallest absolute Gasteiger partial charge is 0.162 e. The molecule has 20 heavy (non-hydrogen) atoms. The number of hydrogen-bond acceptors (Lipinski definition) is 3. The average molecular weight is 417 g/mol. The fourth-order valence-corrected chi connectivity index (χ4v) is 4.71. The van der Waals surface area contributed by atoms with E-state index in [2.05, 4.69) is 15.9 Å². The Morgan fingerprint density at radius 2 is 1.60 bits per heavy atom. The van der Waals surface area contributed by atoms with Crippen LogP contribution in [0, 0.1) is 0 Å². The molecular formula is C13H10BrCl3O2S. The molecule has 1 aromatic heterocycles. The number of hydrogen-bond donors (Lipinski definition) is 0. The van der Waals surface area contributed by atoms with Crippen molar-refractivity contribution in [2.75, 3.05) is 14.2 Å². The molecule has 2 nitrogen and oxygen atoms in total. The van der Waals surface area contributed by atoms with E-state index in [1.807, 2.05) is 12.1 Å². The molecule has 0 radical (unpaired) electrons. The van der Waals surface area contributed by atoms with Crippen LogP contribution in [0.5, 0.6) is 11.5 Å². The van der Waals surface area contributed by atoms with Crippen molar-refractivity contribution in [3.63, 3.8) is 0 Å². The molecule has 0 saturated heterocycles. The topological polar surface area (TPSA) is 18.5 Å². The van der Waals surface area contributed by atoms with E-state index in [0.717, 1.165) is 11.1 Å². The summed E-state index contributed by atoms with van der Waals surface area (Å²) in [6, 6.07) is 5.36. The maximum absolute atomic E-state index is 6.30. The highest BCUT2D eigenvalue weighted by molar-refractivity contribution is 9.09. The van der Waals surface area contributed by atoms with Crippen LogP contribution in [-0.2, 0) is 0 Å². The number of rotatable bonds is 4. The summed E-state index contributed by atoms with van der Waals surface area (Å²) in [6.45, 7) is 0. The fraction of sp³-hybridized carbons (Fsp3) is 0.231. The van der Waals surface area contributed by atoms with Gasteiger partial charge in [-0.3, -0.25) is 0 Å². The molecule has 108 valence electrons. The zero-order chi connectivity index (χ0) is 14.9. The molecule has 2 aromatic rings. The first-order valence-electron chi connectivity index (χ1n) is 5.48. The lowest BCUT2D eigenvalue weighted by Crippen LogP contribution is -1.97. The molecule has 1 unspecified atom stereocenters. The number of ether oxygens (including phenoxy) is 2. The van der Waals surface area contributed by atoms with E-state index in [4.69, 9.17) is 44.3 Å². The van der Waals surface area contributed by atoms with Gasteiger partial charge in [0.25, 0.3) is 0 Å². The minimum Gasteiger partial charge on any atom is -0.493 e. The van der Waals surface area contributed by atoms with E-state index in [1.165, 1.54) is 11.3 Å². The highest BCUT2D eigenvalue weighted by atomic mass is 79.9. The number of thiophene rings is 1. The summed E-state index contributed by atoms with van der Waals surface area (Å²) in [4.78, 5) is -0.175. The van der Waals surface area contributed by atoms with E-state index < -0.39 is 0 Å². The molecular weight excluding hydrogens is 406 g/mol. The molecule has 1 heterocycles. The molecule has 0 amide bonds. The number of halogens is 4. The van der Waals surface area contributed by atoms with Crippen molar-refractivity contribution in [2.45, 2.75) is 4.83 Å². The normalized spacial score (nSPS) is 12.3. The zero-order valence-electron chi connectivity index (χ0n) is 10.5. The van der Waals surface area contributed by atoms with Crippen LogP contribution in [0.2, 0.25) is 13.7 Å². The van der Waals surface area contributed by atoms with Crippen molar-refractivity contribution in [3.05, 3.63) is 43.0 Å². The van der Waals surface area contributed by atoms with Crippen LogP contribution in [0.3, 0.4) is 0 Å². The first-order chi connectivity index (χ1) is 9.47. The third-order valence-electron chi connectivity index (χ3n) is 2.73. The van der Waals surface area contributed by atoms with Crippen LogP contribution in [-0.4, -0.2) is 14.2 Å². The Bertz CT molecular complexity index is 630. The Balaban J connectivity index is 2.49. The highest BCUT2D eigenvalue weighted by Gasteiger charge is 2.21. The Labute approximate surface area is 144 Å². The second-order valence-electron chi connectivity index (χ2n) is 3.87. The maximum atomic E-state index is 6.30. The lowest BCUT2D eigenvalue weighted by Gasteiger charge is -2.15. The summed E-state index contributed by atoms with van der Waals surface area (Å²) in [5.74, 6) is 1.18. The summed E-state index contributed by atoms with van der Waals surface area (Å²) < 4.78 is 11.8. The number of methoxy groups -OCH3 is 2. The zero-order valence-corrected chi connectivity index (χ0v) is 15.2. The van der Waals surface area contributed by atoms with Crippen molar-refractivity contribution >= 4 is 62.1 Å². The van der Waals surface area contributed by atoms with Gasteiger partial charge < -0.3 is 9.47 Å². The number of alkyl halides is 1. The van der Waals surface area contributed by atoms with Crippen LogP contribution in [0.1, 0.15) is 16.0 Å². The van der Waals surface area contributed by atoms with Crippen LogP contribution < -0.4 is 9.47 Å². The van der Waals surface area contributed by atoms with E-state index >= 15 is 0 Å². The summed E-state index contributed by atoms with van der Waals surface area (Å²) in [5.41, 5.74) is 1.71. The molecule has 0 bridgehead atoms. The minimum atomic E-state index is -0.175. The second kappa shape index (κ2) is 6.75. The predicted octanol–water partition coefficient (Wildman–Crippen LogP) is 6.21. The van der Waals surface area contributed by atoms with Gasteiger partial charge in [0, 0.05) is 16.7 Å². The van der Waals surface area contributed by atoms with E-state index in [0.29, 0.717) is 25.2 Å². The highest BCUT2D eigenvalue weighted by Crippen LogP contribution is 2.45. The van der Waals surface area contributed by atoms with E-state index in [-0.39, 0.29) is 4.83 Å². The third kappa shape index (κ3) is 3.20. The Morgan fingerprint density at radius 1 is 1.00 bits per heavy atom. The van der Waals surface area contributed by atoms with Crippen LogP contribution in [0.15, 0.2) is 18.2 Å². The van der Waals surface area contributed by atoms with Crippen molar-refractivity contribution in [1.82, 2.24) is 0 Å². The minimum absolute atomic E-state index is 0.175. The molecule has 0 fully saturated rings. The lowest BCUT2D eigenvalue weighted by molar-refractivity contribution is 0.354. The first kappa shape index (κ1) is 16.2. The maximum Gasteiger partial charge on any atom is 0.162 e. The standard InChI is InChI=1S/C13H10BrCl3O2S/c1-18-9-3-6(8(15)5-10(9)19-2)12(14)7-4-11(16)20-13(7)17/h3-5,12H,1-2H3. The summed E-state index contributed by atoms with van der Waals surface area (Å²) in [5, 5.41) is 0.558. The quantitative estimate of drug-likeness (QED) is 0.552. The average Bonchev–Trinajstić information content (AvgIpc) is 2.76. The largest absolute Gasteiger partial charge is 0.493 e. The molecule has 0 N–H and O–H groups in total. The Kier molecular flexibility index (Phi) is 5.49. The SMILES string of the molecule is COc1cc(Cl)c(C(Br)c2cc(Cl)sc2Cl)cc1OC. The third-order valence-corrected chi connectivity index (χ3v) is 5.56. The van der Waals surface area contributed by atoms with Gasteiger partial charge in [-0.05, 0) is 17.7 Å². The molecule has 0 spiro atoms. The van der Waals surface area contributed by atoms with Crippen molar-refractivity contribution in [3.8, 4) is 11.5 Å². The molecule has 2 rings (SSSR count).